The molecule has 0 spiro atoms. The molecule has 1 heterocycles. The van der Waals surface area contributed by atoms with Crippen molar-refractivity contribution in [2.24, 2.45) is 5.73 Å². The van der Waals surface area contributed by atoms with E-state index in [0.717, 1.165) is 11.1 Å². The van der Waals surface area contributed by atoms with Crippen molar-refractivity contribution in [1.82, 2.24) is 4.90 Å². The summed E-state index contributed by atoms with van der Waals surface area (Å²) in [5.74, 6) is 1.50. The Morgan fingerprint density at radius 3 is 2.69 bits per heavy atom. The zero-order chi connectivity index (χ0) is 20.8. The minimum absolute atomic E-state index is 0.157. The standard InChI is InChI=1S/C21H22N2O6/c1-23(11-15-4-7-17-19(10-15)29-13-28-17)21(25)8-5-14-3-6-16(18(9-14)26-2)27-12-20(22)24/h3-10H,11-13H2,1-2H3,(H2,22,24)/b8-5+. The van der Waals surface area contributed by atoms with Gasteiger partial charge >= 0.3 is 0 Å². The maximum atomic E-state index is 12.4. The third kappa shape index (κ3) is 5.19. The number of carbonyl (C=O) groups excluding carboxylic acids is 2. The summed E-state index contributed by atoms with van der Waals surface area (Å²) >= 11 is 0. The summed E-state index contributed by atoms with van der Waals surface area (Å²) in [6.45, 7) is 0.407. The highest BCUT2D eigenvalue weighted by Crippen LogP contribution is 2.33. The SMILES string of the molecule is COc1cc(/C=C/C(=O)N(C)Cc2ccc3c(c2)OCO3)ccc1OCC(N)=O. The minimum Gasteiger partial charge on any atom is -0.493 e. The number of nitrogens with zero attached hydrogens (tertiary/aromatic N) is 1. The Hall–Kier alpha value is -3.68. The van der Waals surface area contributed by atoms with Gasteiger partial charge in [-0.1, -0.05) is 12.1 Å². The number of nitrogens with two attached hydrogens (primary N) is 1. The van der Waals surface area contributed by atoms with E-state index < -0.39 is 5.91 Å². The van der Waals surface area contributed by atoms with Gasteiger partial charge in [-0.2, -0.15) is 0 Å². The number of fused-ring (bicyclic) bond motifs is 1. The summed E-state index contributed by atoms with van der Waals surface area (Å²) < 4.78 is 21.2. The van der Waals surface area contributed by atoms with E-state index in [9.17, 15) is 9.59 Å². The quantitative estimate of drug-likeness (QED) is 0.683. The normalized spacial score (nSPS) is 12.1. The molecule has 1 aliphatic rings. The van der Waals surface area contributed by atoms with Gasteiger partial charge in [0.25, 0.3) is 5.91 Å². The topological polar surface area (TPSA) is 100 Å². The van der Waals surface area contributed by atoms with Gasteiger partial charge in [-0.3, -0.25) is 9.59 Å². The Morgan fingerprint density at radius 2 is 1.93 bits per heavy atom. The first-order valence-electron chi connectivity index (χ1n) is 8.87. The van der Waals surface area contributed by atoms with Crippen LogP contribution in [0.4, 0.5) is 0 Å². The molecule has 8 heteroatoms. The number of hydrogen-bond donors (Lipinski definition) is 1. The zero-order valence-corrected chi connectivity index (χ0v) is 16.2. The Labute approximate surface area is 168 Å². The monoisotopic (exact) mass is 398 g/mol. The van der Waals surface area contributed by atoms with Gasteiger partial charge in [0.05, 0.1) is 7.11 Å². The van der Waals surface area contributed by atoms with Crippen molar-refractivity contribution in [3.8, 4) is 23.0 Å². The van der Waals surface area contributed by atoms with E-state index in [1.807, 2.05) is 18.2 Å². The predicted octanol–water partition coefficient (Wildman–Crippen LogP) is 1.96. The van der Waals surface area contributed by atoms with Gasteiger partial charge in [-0.15, -0.1) is 0 Å². The van der Waals surface area contributed by atoms with E-state index in [2.05, 4.69) is 0 Å². The molecule has 2 N–H and O–H groups in total. The number of rotatable bonds is 8. The Balaban J connectivity index is 1.62. The summed E-state index contributed by atoms with van der Waals surface area (Å²) in [5.41, 5.74) is 6.77. The lowest BCUT2D eigenvalue weighted by atomic mass is 10.1. The second kappa shape index (κ2) is 9.01. The molecule has 0 saturated carbocycles. The Morgan fingerprint density at radius 1 is 1.14 bits per heavy atom. The Kier molecular flexibility index (Phi) is 6.23. The molecule has 0 atom stereocenters. The van der Waals surface area contributed by atoms with Gasteiger partial charge in [0, 0.05) is 19.7 Å². The maximum absolute atomic E-state index is 12.4. The van der Waals surface area contributed by atoms with Crippen LogP contribution in [0.2, 0.25) is 0 Å². The van der Waals surface area contributed by atoms with Crippen molar-refractivity contribution >= 4 is 17.9 Å². The van der Waals surface area contributed by atoms with Crippen molar-refractivity contribution in [3.05, 3.63) is 53.6 Å². The molecule has 0 saturated heterocycles. The van der Waals surface area contributed by atoms with Crippen LogP contribution in [-0.2, 0) is 16.1 Å². The van der Waals surface area contributed by atoms with Gasteiger partial charge in [0.15, 0.2) is 29.6 Å². The van der Waals surface area contributed by atoms with Crippen molar-refractivity contribution in [1.29, 1.82) is 0 Å². The van der Waals surface area contributed by atoms with E-state index >= 15 is 0 Å². The molecule has 1 aliphatic heterocycles. The van der Waals surface area contributed by atoms with Crippen LogP contribution in [0.3, 0.4) is 0 Å². The zero-order valence-electron chi connectivity index (χ0n) is 16.2. The lowest BCUT2D eigenvalue weighted by Gasteiger charge is -2.15. The van der Waals surface area contributed by atoms with Crippen LogP contribution in [0.25, 0.3) is 6.08 Å². The summed E-state index contributed by atoms with van der Waals surface area (Å²) in [4.78, 5) is 24.9. The van der Waals surface area contributed by atoms with E-state index in [4.69, 9.17) is 24.7 Å². The fraction of sp³-hybridized carbons (Fsp3) is 0.238. The molecule has 2 aromatic rings. The second-order valence-corrected chi connectivity index (χ2v) is 6.38. The molecule has 152 valence electrons. The van der Waals surface area contributed by atoms with E-state index in [1.165, 1.54) is 13.2 Å². The fourth-order valence-electron chi connectivity index (χ4n) is 2.74. The van der Waals surface area contributed by atoms with Gasteiger partial charge in [0.2, 0.25) is 12.7 Å². The van der Waals surface area contributed by atoms with E-state index in [0.29, 0.717) is 29.5 Å². The molecule has 2 amide bonds. The minimum atomic E-state index is -0.577. The average Bonchev–Trinajstić information content (AvgIpc) is 3.18. The van der Waals surface area contributed by atoms with Gasteiger partial charge in [0.1, 0.15) is 0 Å². The van der Waals surface area contributed by atoms with Gasteiger partial charge in [-0.05, 0) is 41.5 Å². The molecule has 0 fully saturated rings. The summed E-state index contributed by atoms with van der Waals surface area (Å²) in [6.07, 6.45) is 3.16. The predicted molar refractivity (Wildman–Crippen MR) is 106 cm³/mol. The first kappa shape index (κ1) is 20.1. The lowest BCUT2D eigenvalue weighted by molar-refractivity contribution is -0.125. The van der Waals surface area contributed by atoms with Crippen LogP contribution in [0.15, 0.2) is 42.5 Å². The highest BCUT2D eigenvalue weighted by Gasteiger charge is 2.14. The van der Waals surface area contributed by atoms with Crippen LogP contribution in [-0.4, -0.2) is 44.3 Å². The van der Waals surface area contributed by atoms with Crippen molar-refractivity contribution in [3.63, 3.8) is 0 Å². The molecular weight excluding hydrogens is 376 g/mol. The smallest absolute Gasteiger partial charge is 0.255 e. The second-order valence-electron chi connectivity index (χ2n) is 6.38. The molecule has 0 aromatic heterocycles. The van der Waals surface area contributed by atoms with E-state index in [1.54, 1.807) is 36.2 Å². The number of ether oxygens (including phenoxy) is 4. The van der Waals surface area contributed by atoms with Crippen molar-refractivity contribution < 1.29 is 28.5 Å². The largest absolute Gasteiger partial charge is 0.493 e. The van der Waals surface area contributed by atoms with Crippen molar-refractivity contribution in [2.45, 2.75) is 6.54 Å². The molecule has 0 unspecified atom stereocenters. The number of amides is 2. The van der Waals surface area contributed by atoms with Crippen LogP contribution in [0.1, 0.15) is 11.1 Å². The fourth-order valence-corrected chi connectivity index (χ4v) is 2.74. The molecule has 0 bridgehead atoms. The molecule has 2 aromatic carbocycles. The number of methoxy groups -OCH3 is 1. The molecule has 0 radical (unpaired) electrons. The summed E-state index contributed by atoms with van der Waals surface area (Å²) in [6, 6.07) is 10.7. The van der Waals surface area contributed by atoms with Gasteiger partial charge in [-0.25, -0.2) is 0 Å². The maximum Gasteiger partial charge on any atom is 0.255 e. The number of carbonyl (C=O) groups is 2. The third-order valence-corrected chi connectivity index (χ3v) is 4.21. The molecule has 29 heavy (non-hydrogen) atoms. The number of likely N-dealkylation sites (N-methyl/N-ethyl adjacent to an activating group) is 1. The summed E-state index contributed by atoms with van der Waals surface area (Å²) in [5, 5.41) is 0. The first-order valence-corrected chi connectivity index (χ1v) is 8.87. The number of benzene rings is 2. The van der Waals surface area contributed by atoms with Crippen LogP contribution < -0.4 is 24.7 Å². The highest BCUT2D eigenvalue weighted by atomic mass is 16.7. The van der Waals surface area contributed by atoms with E-state index in [-0.39, 0.29) is 19.3 Å². The van der Waals surface area contributed by atoms with Crippen LogP contribution in [0, 0.1) is 0 Å². The number of hydrogen-bond acceptors (Lipinski definition) is 6. The summed E-state index contributed by atoms with van der Waals surface area (Å²) in [7, 11) is 3.21. The number of primary amides is 1. The van der Waals surface area contributed by atoms with Crippen LogP contribution >= 0.6 is 0 Å². The molecule has 3 rings (SSSR count). The third-order valence-electron chi connectivity index (χ3n) is 4.21. The highest BCUT2D eigenvalue weighted by molar-refractivity contribution is 5.91. The lowest BCUT2D eigenvalue weighted by Crippen LogP contribution is -2.24. The average molecular weight is 398 g/mol. The van der Waals surface area contributed by atoms with Crippen molar-refractivity contribution in [2.75, 3.05) is 27.6 Å². The first-order chi connectivity index (χ1) is 14.0. The Bertz CT molecular complexity index is 941. The molecular formula is C21H22N2O6. The van der Waals surface area contributed by atoms with Gasteiger partial charge < -0.3 is 29.6 Å². The van der Waals surface area contributed by atoms with Crippen LogP contribution in [0.5, 0.6) is 23.0 Å². The molecule has 0 aliphatic carbocycles. The molecule has 8 nitrogen and oxygen atoms in total.